The smallest absolute Gasteiger partial charge is 0.222 e. The molecule has 1 unspecified atom stereocenters. The third-order valence-corrected chi connectivity index (χ3v) is 5.21. The maximum absolute atomic E-state index is 13.6. The third kappa shape index (κ3) is 4.34. The molecule has 8 heteroatoms. The van der Waals surface area contributed by atoms with Gasteiger partial charge in [0.25, 0.3) is 0 Å². The van der Waals surface area contributed by atoms with Crippen LogP contribution in [0.2, 0.25) is 0 Å². The summed E-state index contributed by atoms with van der Waals surface area (Å²) in [6.45, 7) is 4.86. The molecule has 0 spiro atoms. The molecule has 0 amide bonds. The van der Waals surface area contributed by atoms with E-state index in [9.17, 15) is 13.6 Å². The van der Waals surface area contributed by atoms with Crippen LogP contribution in [-0.2, 0) is 11.2 Å². The highest BCUT2D eigenvalue weighted by atomic mass is 19.1. The number of carbonyl (C=O) groups excluding carboxylic acids is 1. The fraction of sp³-hybridized carbons (Fsp3) is 0.450. The fourth-order valence-electron chi connectivity index (χ4n) is 3.73. The maximum Gasteiger partial charge on any atom is 0.222 e. The molecular formula is C20H22F2N4O2. The molecule has 2 aromatic rings. The van der Waals surface area contributed by atoms with Gasteiger partial charge in [0.2, 0.25) is 5.95 Å². The minimum atomic E-state index is -0.638. The number of ketones is 1. The number of nitrogens with zero attached hydrogens (tertiary/aromatic N) is 3. The molecule has 0 radical (unpaired) electrons. The lowest BCUT2D eigenvalue weighted by Gasteiger charge is -2.26. The Morgan fingerprint density at radius 3 is 2.64 bits per heavy atom. The van der Waals surface area contributed by atoms with Crippen LogP contribution in [0, 0.1) is 11.6 Å². The average Bonchev–Trinajstić information content (AvgIpc) is 2.68. The summed E-state index contributed by atoms with van der Waals surface area (Å²) < 4.78 is 32.5. The van der Waals surface area contributed by atoms with E-state index in [4.69, 9.17) is 4.74 Å². The highest BCUT2D eigenvalue weighted by molar-refractivity contribution is 5.98. The van der Waals surface area contributed by atoms with E-state index in [1.54, 1.807) is 6.20 Å². The van der Waals surface area contributed by atoms with Crippen molar-refractivity contribution in [2.24, 2.45) is 0 Å². The topological polar surface area (TPSA) is 67.4 Å². The monoisotopic (exact) mass is 388 g/mol. The molecule has 1 fully saturated rings. The fourth-order valence-corrected chi connectivity index (χ4v) is 3.73. The summed E-state index contributed by atoms with van der Waals surface area (Å²) in [5, 5.41) is 3.19. The number of carbonyl (C=O) groups is 1. The van der Waals surface area contributed by atoms with Crippen molar-refractivity contribution in [1.29, 1.82) is 0 Å². The molecule has 1 aromatic carbocycles. The molecule has 1 N–H and O–H groups in total. The molecule has 2 heterocycles. The van der Waals surface area contributed by atoms with Crippen molar-refractivity contribution >= 4 is 11.7 Å². The molecule has 1 atom stereocenters. The number of benzene rings is 1. The zero-order chi connectivity index (χ0) is 19.5. The van der Waals surface area contributed by atoms with Gasteiger partial charge < -0.3 is 10.1 Å². The zero-order valence-electron chi connectivity index (χ0n) is 15.5. The molecule has 148 valence electrons. The Morgan fingerprint density at radius 2 is 1.89 bits per heavy atom. The van der Waals surface area contributed by atoms with E-state index in [1.165, 1.54) is 12.1 Å². The molecule has 1 saturated heterocycles. The number of morpholine rings is 1. The van der Waals surface area contributed by atoms with Gasteiger partial charge in [0.15, 0.2) is 5.78 Å². The van der Waals surface area contributed by atoms with Crippen molar-refractivity contribution in [2.45, 2.75) is 18.8 Å². The van der Waals surface area contributed by atoms with Crippen LogP contribution in [0.25, 0.3) is 0 Å². The van der Waals surface area contributed by atoms with Gasteiger partial charge in [-0.1, -0.05) is 0 Å². The molecule has 2 aliphatic rings. The molecule has 6 nitrogen and oxygen atoms in total. The lowest BCUT2D eigenvalue weighted by Crippen LogP contribution is -2.39. The van der Waals surface area contributed by atoms with Crippen molar-refractivity contribution in [2.75, 3.05) is 44.7 Å². The van der Waals surface area contributed by atoms with E-state index in [0.29, 0.717) is 35.7 Å². The Bertz CT molecular complexity index is 851. The SMILES string of the molecule is O=C1CC(c2cc(F)cc(F)c2)Cc2nc(NCCN3CCOCC3)ncc21. The molecule has 1 aliphatic heterocycles. The second-order valence-corrected chi connectivity index (χ2v) is 7.17. The van der Waals surface area contributed by atoms with E-state index in [-0.39, 0.29) is 18.1 Å². The van der Waals surface area contributed by atoms with Crippen LogP contribution >= 0.6 is 0 Å². The predicted molar refractivity (Wildman–Crippen MR) is 99.5 cm³/mol. The highest BCUT2D eigenvalue weighted by Gasteiger charge is 2.28. The Kier molecular flexibility index (Phi) is 5.59. The Labute approximate surface area is 161 Å². The summed E-state index contributed by atoms with van der Waals surface area (Å²) in [7, 11) is 0. The summed E-state index contributed by atoms with van der Waals surface area (Å²) in [4.78, 5) is 23.5. The molecule has 1 aromatic heterocycles. The van der Waals surface area contributed by atoms with Gasteiger partial charge in [0.05, 0.1) is 24.5 Å². The third-order valence-electron chi connectivity index (χ3n) is 5.21. The number of anilines is 1. The predicted octanol–water partition coefficient (Wildman–Crippen LogP) is 2.41. The van der Waals surface area contributed by atoms with Gasteiger partial charge in [-0.05, 0) is 30.0 Å². The normalized spacial score (nSPS) is 20.1. The largest absolute Gasteiger partial charge is 0.379 e. The lowest BCUT2D eigenvalue weighted by molar-refractivity contribution is 0.0398. The van der Waals surface area contributed by atoms with E-state index in [2.05, 4.69) is 20.2 Å². The lowest BCUT2D eigenvalue weighted by atomic mass is 9.82. The second-order valence-electron chi connectivity index (χ2n) is 7.17. The number of nitrogens with one attached hydrogen (secondary N) is 1. The van der Waals surface area contributed by atoms with Gasteiger partial charge in [0.1, 0.15) is 11.6 Å². The summed E-state index contributed by atoms with van der Waals surface area (Å²) in [5.74, 6) is -1.20. The van der Waals surface area contributed by atoms with Crippen molar-refractivity contribution in [1.82, 2.24) is 14.9 Å². The molecule has 1 aliphatic carbocycles. The first-order valence-corrected chi connectivity index (χ1v) is 9.47. The van der Waals surface area contributed by atoms with Gasteiger partial charge in [0, 0.05) is 44.9 Å². The van der Waals surface area contributed by atoms with Gasteiger partial charge in [-0.15, -0.1) is 0 Å². The first-order chi connectivity index (χ1) is 13.6. The van der Waals surface area contributed by atoms with Crippen molar-refractivity contribution < 1.29 is 18.3 Å². The first kappa shape index (κ1) is 18.9. The quantitative estimate of drug-likeness (QED) is 0.849. The van der Waals surface area contributed by atoms with E-state index in [0.717, 1.165) is 38.9 Å². The van der Waals surface area contributed by atoms with Crippen LogP contribution in [0.5, 0.6) is 0 Å². The standard InChI is InChI=1S/C20H22F2N4O2/c21-15-7-13(8-16(22)11-15)14-9-18-17(19(27)10-14)12-24-20(25-18)23-1-2-26-3-5-28-6-4-26/h7-8,11-12,14H,1-6,9-10H2,(H,23,24,25). The number of aromatic nitrogens is 2. The van der Waals surface area contributed by atoms with Gasteiger partial charge in [-0.3, -0.25) is 9.69 Å². The number of halogens is 2. The molecule has 4 rings (SSSR count). The summed E-state index contributed by atoms with van der Waals surface area (Å²) >= 11 is 0. The van der Waals surface area contributed by atoms with Crippen LogP contribution in [0.15, 0.2) is 24.4 Å². The van der Waals surface area contributed by atoms with Gasteiger partial charge in [-0.2, -0.15) is 0 Å². The van der Waals surface area contributed by atoms with Crippen LogP contribution in [0.1, 0.15) is 34.0 Å². The number of ether oxygens (including phenoxy) is 1. The van der Waals surface area contributed by atoms with Gasteiger partial charge in [-0.25, -0.2) is 18.7 Å². The van der Waals surface area contributed by atoms with Gasteiger partial charge >= 0.3 is 0 Å². The number of hydrogen-bond acceptors (Lipinski definition) is 6. The van der Waals surface area contributed by atoms with E-state index < -0.39 is 11.6 Å². The Morgan fingerprint density at radius 1 is 1.14 bits per heavy atom. The average molecular weight is 388 g/mol. The zero-order valence-corrected chi connectivity index (χ0v) is 15.5. The number of rotatable bonds is 5. The van der Waals surface area contributed by atoms with Crippen LogP contribution in [0.4, 0.5) is 14.7 Å². The number of hydrogen-bond donors (Lipinski definition) is 1. The molecule has 0 saturated carbocycles. The Balaban J connectivity index is 1.44. The maximum atomic E-state index is 13.6. The number of fused-ring (bicyclic) bond motifs is 1. The van der Waals surface area contributed by atoms with Crippen molar-refractivity contribution in [3.63, 3.8) is 0 Å². The molecular weight excluding hydrogens is 366 g/mol. The van der Waals surface area contributed by atoms with E-state index in [1.807, 2.05) is 0 Å². The van der Waals surface area contributed by atoms with Crippen LogP contribution in [0.3, 0.4) is 0 Å². The molecule has 28 heavy (non-hydrogen) atoms. The van der Waals surface area contributed by atoms with Crippen LogP contribution < -0.4 is 5.32 Å². The first-order valence-electron chi connectivity index (χ1n) is 9.47. The van der Waals surface area contributed by atoms with Crippen molar-refractivity contribution in [3.05, 3.63) is 52.9 Å². The van der Waals surface area contributed by atoms with E-state index >= 15 is 0 Å². The Hall–Kier alpha value is -2.45. The summed E-state index contributed by atoms with van der Waals surface area (Å²) in [6.07, 6.45) is 2.19. The summed E-state index contributed by atoms with van der Waals surface area (Å²) in [6, 6.07) is 3.41. The molecule has 0 bridgehead atoms. The highest BCUT2D eigenvalue weighted by Crippen LogP contribution is 2.32. The van der Waals surface area contributed by atoms with Crippen LogP contribution in [-0.4, -0.2) is 60.0 Å². The minimum absolute atomic E-state index is 0.101. The second kappa shape index (κ2) is 8.28. The van der Waals surface area contributed by atoms with Crippen molar-refractivity contribution in [3.8, 4) is 0 Å². The minimum Gasteiger partial charge on any atom is -0.379 e. The summed E-state index contributed by atoms with van der Waals surface area (Å²) in [5.41, 5.74) is 1.60. The number of Topliss-reactive ketones (excluding diaryl/α,β-unsaturated/α-hetero) is 1.